The number of nitrogens with one attached hydrogen (secondary N) is 3. The number of carbonyl (C=O) groups excluding carboxylic acids is 4. The van der Waals surface area contributed by atoms with Crippen molar-refractivity contribution >= 4 is 35.2 Å². The van der Waals surface area contributed by atoms with Crippen LogP contribution in [0.3, 0.4) is 0 Å². The van der Waals surface area contributed by atoms with Gasteiger partial charge in [-0.15, -0.1) is 0 Å². The minimum atomic E-state index is -5.08. The van der Waals surface area contributed by atoms with Crippen molar-refractivity contribution in [3.63, 3.8) is 0 Å². The molecule has 1 fully saturated rings. The second kappa shape index (κ2) is 14.7. The SMILES string of the molecule is COC(=O)c1ccc(OC[C@@H]2CC(NC(=O)C(F)(F)F)CN2C(=O)Cc2ccc(NC(=O)Nc3ccccc3C)c(OC)c2)cc1. The molecular weight excluding hydrogens is 609 g/mol. The van der Waals surface area contributed by atoms with E-state index in [1.165, 1.54) is 43.4 Å². The van der Waals surface area contributed by atoms with E-state index in [1.54, 1.807) is 30.3 Å². The molecule has 1 unspecified atom stereocenters. The Morgan fingerprint density at radius 3 is 2.28 bits per heavy atom. The van der Waals surface area contributed by atoms with Crippen molar-refractivity contribution in [1.29, 1.82) is 0 Å². The van der Waals surface area contributed by atoms with Crippen molar-refractivity contribution in [1.82, 2.24) is 10.2 Å². The molecule has 1 heterocycles. The Morgan fingerprint density at radius 1 is 0.935 bits per heavy atom. The fraction of sp³-hybridized carbons (Fsp3) is 0.312. The van der Waals surface area contributed by atoms with Gasteiger partial charge in [-0.1, -0.05) is 24.3 Å². The van der Waals surface area contributed by atoms with Crippen molar-refractivity contribution in [3.8, 4) is 11.5 Å². The number of hydrogen-bond acceptors (Lipinski definition) is 7. The number of esters is 1. The van der Waals surface area contributed by atoms with Crippen LogP contribution in [-0.4, -0.2) is 74.3 Å². The Balaban J connectivity index is 1.44. The number of para-hydroxylation sites is 1. The number of alkyl halides is 3. The summed E-state index contributed by atoms with van der Waals surface area (Å²) in [6.07, 6.45) is -5.19. The average Bonchev–Trinajstić information content (AvgIpc) is 3.43. The van der Waals surface area contributed by atoms with Gasteiger partial charge in [-0.3, -0.25) is 9.59 Å². The van der Waals surface area contributed by atoms with Gasteiger partial charge in [0.15, 0.2) is 0 Å². The van der Waals surface area contributed by atoms with Gasteiger partial charge in [-0.05, 0) is 66.9 Å². The molecule has 3 aromatic rings. The number of carbonyl (C=O) groups is 4. The summed E-state index contributed by atoms with van der Waals surface area (Å²) in [5.41, 5.74) is 2.68. The second-order valence-electron chi connectivity index (χ2n) is 10.5. The lowest BCUT2D eigenvalue weighted by molar-refractivity contribution is -0.174. The lowest BCUT2D eigenvalue weighted by Gasteiger charge is -2.25. The fourth-order valence-electron chi connectivity index (χ4n) is 4.96. The molecule has 0 bridgehead atoms. The standard InChI is InChI=1S/C32H33F3N4O7/c1-19-6-4-5-7-25(19)37-31(43)38-26-13-8-20(14-27(26)44-2)15-28(40)39-17-22(36-30(42)32(33,34)35)16-23(39)18-46-24-11-9-21(10-12-24)29(41)45-3/h4-14,22-23H,15-18H2,1-3H3,(H,36,42)(H2,37,38,43)/t22?,23-/m0/s1. The minimum Gasteiger partial charge on any atom is -0.495 e. The molecule has 4 rings (SSSR count). The Morgan fingerprint density at radius 2 is 1.63 bits per heavy atom. The van der Waals surface area contributed by atoms with Crippen LogP contribution in [0.4, 0.5) is 29.3 Å². The van der Waals surface area contributed by atoms with E-state index in [-0.39, 0.29) is 31.7 Å². The minimum absolute atomic E-state index is 0.0238. The van der Waals surface area contributed by atoms with Gasteiger partial charge in [0, 0.05) is 18.3 Å². The van der Waals surface area contributed by atoms with Crippen LogP contribution in [0.2, 0.25) is 0 Å². The van der Waals surface area contributed by atoms with E-state index in [0.29, 0.717) is 28.3 Å². The average molecular weight is 643 g/mol. The van der Waals surface area contributed by atoms with E-state index in [0.717, 1.165) is 5.56 Å². The van der Waals surface area contributed by atoms with Crippen LogP contribution in [0, 0.1) is 6.92 Å². The topological polar surface area (TPSA) is 135 Å². The molecule has 2 atom stereocenters. The van der Waals surface area contributed by atoms with Crippen LogP contribution >= 0.6 is 0 Å². The first kappa shape index (κ1) is 33.6. The third-order valence-corrected chi connectivity index (χ3v) is 7.31. The number of methoxy groups -OCH3 is 2. The number of ether oxygens (including phenoxy) is 3. The maximum atomic E-state index is 13.5. The van der Waals surface area contributed by atoms with Crippen LogP contribution in [0.15, 0.2) is 66.7 Å². The van der Waals surface area contributed by atoms with Crippen molar-refractivity contribution in [2.75, 3.05) is 38.0 Å². The van der Waals surface area contributed by atoms with E-state index in [2.05, 4.69) is 15.4 Å². The molecule has 244 valence electrons. The highest BCUT2D eigenvalue weighted by Crippen LogP contribution is 2.28. The molecule has 0 aliphatic carbocycles. The summed E-state index contributed by atoms with van der Waals surface area (Å²) in [6.45, 7) is 1.62. The van der Waals surface area contributed by atoms with E-state index in [9.17, 15) is 32.3 Å². The van der Waals surface area contributed by atoms with Gasteiger partial charge in [-0.25, -0.2) is 9.59 Å². The van der Waals surface area contributed by atoms with Crippen LogP contribution < -0.4 is 25.4 Å². The van der Waals surface area contributed by atoms with E-state index < -0.39 is 42.1 Å². The maximum absolute atomic E-state index is 13.5. The first-order chi connectivity index (χ1) is 21.9. The molecule has 0 aromatic heterocycles. The Labute approximate surface area is 263 Å². The zero-order valence-electron chi connectivity index (χ0n) is 25.3. The number of urea groups is 1. The van der Waals surface area contributed by atoms with Crippen molar-refractivity contribution < 1.29 is 46.6 Å². The molecule has 46 heavy (non-hydrogen) atoms. The fourth-order valence-corrected chi connectivity index (χ4v) is 4.96. The summed E-state index contributed by atoms with van der Waals surface area (Å²) in [7, 11) is 2.66. The number of aryl methyl sites for hydroxylation is 1. The molecule has 3 N–H and O–H groups in total. The zero-order valence-corrected chi connectivity index (χ0v) is 25.3. The summed E-state index contributed by atoms with van der Waals surface area (Å²) in [5, 5.41) is 7.43. The molecular formula is C32H33F3N4O7. The molecule has 0 radical (unpaired) electrons. The monoisotopic (exact) mass is 642 g/mol. The number of rotatable bonds is 10. The summed E-state index contributed by atoms with van der Waals surface area (Å²) in [4.78, 5) is 50.8. The summed E-state index contributed by atoms with van der Waals surface area (Å²) in [5.74, 6) is -2.39. The number of nitrogens with zero attached hydrogens (tertiary/aromatic N) is 1. The molecule has 0 saturated carbocycles. The van der Waals surface area contributed by atoms with Crippen molar-refractivity contribution in [2.45, 2.75) is 38.0 Å². The summed E-state index contributed by atoms with van der Waals surface area (Å²) >= 11 is 0. The first-order valence-electron chi connectivity index (χ1n) is 14.2. The highest BCUT2D eigenvalue weighted by Gasteiger charge is 2.43. The molecule has 14 heteroatoms. The molecule has 0 spiro atoms. The van der Waals surface area contributed by atoms with Gasteiger partial charge in [0.25, 0.3) is 0 Å². The molecule has 11 nitrogen and oxygen atoms in total. The lowest BCUT2D eigenvalue weighted by atomic mass is 10.1. The Kier molecular flexibility index (Phi) is 10.7. The van der Waals surface area contributed by atoms with Gasteiger partial charge in [0.2, 0.25) is 5.91 Å². The van der Waals surface area contributed by atoms with Gasteiger partial charge >= 0.3 is 24.1 Å². The highest BCUT2D eigenvalue weighted by atomic mass is 19.4. The number of benzene rings is 3. The third-order valence-electron chi connectivity index (χ3n) is 7.31. The van der Waals surface area contributed by atoms with Crippen LogP contribution in [0.25, 0.3) is 0 Å². The van der Waals surface area contributed by atoms with Gasteiger partial charge in [0.1, 0.15) is 18.1 Å². The number of likely N-dealkylation sites (tertiary alicyclic amines) is 1. The molecule has 4 amide bonds. The van der Waals surface area contributed by atoms with Crippen LogP contribution in [0.5, 0.6) is 11.5 Å². The molecule has 3 aromatic carbocycles. The van der Waals surface area contributed by atoms with Gasteiger partial charge in [0.05, 0.1) is 37.9 Å². The number of amides is 4. The zero-order chi connectivity index (χ0) is 33.4. The highest BCUT2D eigenvalue weighted by molar-refractivity contribution is 6.01. The van der Waals surface area contributed by atoms with E-state index in [4.69, 9.17) is 9.47 Å². The van der Waals surface area contributed by atoms with Crippen molar-refractivity contribution in [2.24, 2.45) is 0 Å². The van der Waals surface area contributed by atoms with Crippen LogP contribution in [0.1, 0.15) is 27.9 Å². The number of halogens is 3. The lowest BCUT2D eigenvalue weighted by Crippen LogP contribution is -2.45. The number of anilines is 2. The predicted molar refractivity (Wildman–Crippen MR) is 162 cm³/mol. The Hall–Kier alpha value is -5.27. The van der Waals surface area contributed by atoms with Gasteiger partial charge < -0.3 is 35.1 Å². The first-order valence-corrected chi connectivity index (χ1v) is 14.2. The molecule has 1 saturated heterocycles. The number of hydrogen-bond donors (Lipinski definition) is 3. The van der Waals surface area contributed by atoms with Gasteiger partial charge in [-0.2, -0.15) is 13.2 Å². The quantitative estimate of drug-likeness (QED) is 0.273. The van der Waals surface area contributed by atoms with Crippen LogP contribution in [-0.2, 0) is 20.7 Å². The molecule has 1 aliphatic heterocycles. The summed E-state index contributed by atoms with van der Waals surface area (Å²) < 4.78 is 54.7. The second-order valence-corrected chi connectivity index (χ2v) is 10.5. The smallest absolute Gasteiger partial charge is 0.471 e. The molecule has 1 aliphatic rings. The third kappa shape index (κ3) is 8.67. The normalized spacial score (nSPS) is 15.9. The summed E-state index contributed by atoms with van der Waals surface area (Å²) in [6, 6.07) is 16.0. The van der Waals surface area contributed by atoms with E-state index >= 15 is 0 Å². The largest absolute Gasteiger partial charge is 0.495 e. The maximum Gasteiger partial charge on any atom is 0.471 e. The van der Waals surface area contributed by atoms with E-state index in [1.807, 2.05) is 24.4 Å². The predicted octanol–water partition coefficient (Wildman–Crippen LogP) is 4.70. The van der Waals surface area contributed by atoms with Crippen molar-refractivity contribution in [3.05, 3.63) is 83.4 Å². The Bertz CT molecular complexity index is 1580.